The zero-order valence-corrected chi connectivity index (χ0v) is 18.0. The highest BCUT2D eigenvalue weighted by atomic mass is 28.4. The Morgan fingerprint density at radius 1 is 1.19 bits per heavy atom. The van der Waals surface area contributed by atoms with E-state index < -0.39 is 8.32 Å². The molecular formula is C21H36O4Si. The third-order valence-electron chi connectivity index (χ3n) is 6.42. The standard InChI is InChI=1S/C21H36O4Si/c1-5-9-10-11-16(22)12-13-17-18-14-21(23)24-19(18)15-20(17)25-26(6-2,7-3)8-4/h12-13,17-20H,5-11,14-15H2,1-4H3/t17-,18-,19+,20-/m1/s1. The van der Waals surface area contributed by atoms with E-state index in [2.05, 4.69) is 27.7 Å². The highest BCUT2D eigenvalue weighted by Gasteiger charge is 2.51. The molecule has 1 saturated carbocycles. The molecule has 148 valence electrons. The molecule has 0 aromatic rings. The number of hydrogen-bond donors (Lipinski definition) is 0. The van der Waals surface area contributed by atoms with Gasteiger partial charge in [0.1, 0.15) is 6.10 Å². The summed E-state index contributed by atoms with van der Waals surface area (Å²) in [6, 6.07) is 3.33. The number of hydrogen-bond acceptors (Lipinski definition) is 4. The van der Waals surface area contributed by atoms with Crippen molar-refractivity contribution in [1.29, 1.82) is 0 Å². The van der Waals surface area contributed by atoms with Gasteiger partial charge >= 0.3 is 5.97 Å². The first kappa shape index (κ1) is 21.4. The number of fused-ring (bicyclic) bond motifs is 1. The number of ether oxygens (including phenoxy) is 1. The second kappa shape index (κ2) is 9.84. The molecule has 2 fully saturated rings. The summed E-state index contributed by atoms with van der Waals surface area (Å²) < 4.78 is 12.3. The molecule has 4 nitrogen and oxygen atoms in total. The first-order valence-corrected chi connectivity index (χ1v) is 13.1. The van der Waals surface area contributed by atoms with Gasteiger partial charge in [0.15, 0.2) is 14.1 Å². The number of allylic oxidation sites excluding steroid dienone is 1. The Bertz CT molecular complexity index is 504. The van der Waals surface area contributed by atoms with Gasteiger partial charge in [0, 0.05) is 24.7 Å². The molecule has 0 aromatic carbocycles. The molecule has 2 aliphatic rings. The van der Waals surface area contributed by atoms with Crippen LogP contribution >= 0.6 is 0 Å². The lowest BCUT2D eigenvalue weighted by Crippen LogP contribution is -2.41. The summed E-state index contributed by atoms with van der Waals surface area (Å²) >= 11 is 0. The number of esters is 1. The summed E-state index contributed by atoms with van der Waals surface area (Å²) in [5, 5.41) is 0. The van der Waals surface area contributed by atoms with Crippen LogP contribution in [-0.4, -0.2) is 32.3 Å². The van der Waals surface area contributed by atoms with Crippen LogP contribution in [0.2, 0.25) is 18.1 Å². The van der Waals surface area contributed by atoms with Crippen molar-refractivity contribution in [2.45, 2.75) is 96.6 Å². The maximum atomic E-state index is 12.2. The molecule has 5 heteroatoms. The molecule has 0 spiro atoms. The maximum absolute atomic E-state index is 12.2. The number of carbonyl (C=O) groups is 2. The van der Waals surface area contributed by atoms with Crippen molar-refractivity contribution in [2.24, 2.45) is 11.8 Å². The number of carbonyl (C=O) groups excluding carboxylic acids is 2. The molecule has 1 aliphatic carbocycles. The third-order valence-corrected chi connectivity index (χ3v) is 11.1. The van der Waals surface area contributed by atoms with Gasteiger partial charge in [-0.15, -0.1) is 0 Å². The second-order valence-electron chi connectivity index (χ2n) is 7.89. The molecule has 26 heavy (non-hydrogen) atoms. The minimum Gasteiger partial charge on any atom is -0.462 e. The Morgan fingerprint density at radius 3 is 2.50 bits per heavy atom. The molecule has 1 aliphatic heterocycles. The molecule has 1 heterocycles. The Hall–Kier alpha value is -0.943. The van der Waals surface area contributed by atoms with Gasteiger partial charge in [0.25, 0.3) is 0 Å². The monoisotopic (exact) mass is 380 g/mol. The van der Waals surface area contributed by atoms with E-state index in [4.69, 9.17) is 9.16 Å². The molecule has 1 saturated heterocycles. The fourth-order valence-corrected chi connectivity index (χ4v) is 7.36. The van der Waals surface area contributed by atoms with E-state index in [1.807, 2.05) is 6.08 Å². The minimum absolute atomic E-state index is 0.0328. The average Bonchev–Trinajstić information content (AvgIpc) is 3.13. The van der Waals surface area contributed by atoms with E-state index in [1.165, 1.54) is 0 Å². The predicted molar refractivity (Wildman–Crippen MR) is 106 cm³/mol. The highest BCUT2D eigenvalue weighted by Crippen LogP contribution is 2.45. The normalized spacial score (nSPS) is 28.5. The fourth-order valence-electron chi connectivity index (χ4n) is 4.46. The number of ketones is 1. The Kier molecular flexibility index (Phi) is 8.08. The van der Waals surface area contributed by atoms with Gasteiger partial charge in [0.05, 0.1) is 12.5 Å². The largest absolute Gasteiger partial charge is 0.462 e. The SMILES string of the molecule is CCCCCC(=O)C=C[C@@H]1[C@H]2CC(=O)O[C@H]2C[C@H]1O[Si](CC)(CC)CC. The summed E-state index contributed by atoms with van der Waals surface area (Å²) in [6.45, 7) is 8.84. The van der Waals surface area contributed by atoms with Crippen LogP contribution in [0.1, 0.15) is 66.2 Å². The van der Waals surface area contributed by atoms with E-state index in [-0.39, 0.29) is 35.8 Å². The van der Waals surface area contributed by atoms with Crippen LogP contribution in [0.4, 0.5) is 0 Å². The molecule has 0 aromatic heterocycles. The first-order valence-electron chi connectivity index (χ1n) is 10.6. The zero-order valence-electron chi connectivity index (χ0n) is 17.0. The number of unbranched alkanes of at least 4 members (excludes halogenated alkanes) is 2. The summed E-state index contributed by atoms with van der Waals surface area (Å²) in [7, 11) is -1.73. The highest BCUT2D eigenvalue weighted by molar-refractivity contribution is 6.73. The summed E-state index contributed by atoms with van der Waals surface area (Å²) in [6.07, 6.45) is 8.86. The molecule has 2 rings (SSSR count). The van der Waals surface area contributed by atoms with Crippen molar-refractivity contribution < 1.29 is 18.8 Å². The van der Waals surface area contributed by atoms with Crippen LogP contribution in [0, 0.1) is 11.8 Å². The molecular weight excluding hydrogens is 344 g/mol. The average molecular weight is 381 g/mol. The van der Waals surface area contributed by atoms with E-state index in [9.17, 15) is 9.59 Å². The van der Waals surface area contributed by atoms with Crippen LogP contribution < -0.4 is 0 Å². The van der Waals surface area contributed by atoms with Crippen LogP contribution in [0.25, 0.3) is 0 Å². The van der Waals surface area contributed by atoms with Crippen molar-refractivity contribution >= 4 is 20.1 Å². The fraction of sp³-hybridized carbons (Fsp3) is 0.810. The van der Waals surface area contributed by atoms with Crippen molar-refractivity contribution in [2.75, 3.05) is 0 Å². The Balaban J connectivity index is 2.09. The maximum Gasteiger partial charge on any atom is 0.306 e. The van der Waals surface area contributed by atoms with E-state index >= 15 is 0 Å². The lowest BCUT2D eigenvalue weighted by atomic mass is 9.91. The predicted octanol–water partition coefficient (Wildman–Crippen LogP) is 5.03. The third kappa shape index (κ3) is 5.07. The van der Waals surface area contributed by atoms with Crippen molar-refractivity contribution in [3.05, 3.63) is 12.2 Å². The lowest BCUT2D eigenvalue weighted by Gasteiger charge is -2.34. The van der Waals surface area contributed by atoms with E-state index in [0.717, 1.165) is 43.8 Å². The number of rotatable bonds is 11. The van der Waals surface area contributed by atoms with Crippen LogP contribution in [0.15, 0.2) is 12.2 Å². The molecule has 0 radical (unpaired) electrons. The van der Waals surface area contributed by atoms with E-state index in [1.54, 1.807) is 6.08 Å². The molecule has 4 atom stereocenters. The molecule has 0 bridgehead atoms. The summed E-state index contributed by atoms with van der Waals surface area (Å²) in [4.78, 5) is 23.9. The summed E-state index contributed by atoms with van der Waals surface area (Å²) in [5.74, 6) is 0.384. The minimum atomic E-state index is -1.73. The van der Waals surface area contributed by atoms with Crippen LogP contribution in [0.3, 0.4) is 0 Å². The smallest absolute Gasteiger partial charge is 0.306 e. The molecule has 0 amide bonds. The van der Waals surface area contributed by atoms with Gasteiger partial charge in [0.2, 0.25) is 0 Å². The van der Waals surface area contributed by atoms with Crippen LogP contribution in [0.5, 0.6) is 0 Å². The van der Waals surface area contributed by atoms with Gasteiger partial charge in [-0.2, -0.15) is 0 Å². The van der Waals surface area contributed by atoms with Gasteiger partial charge in [-0.3, -0.25) is 9.59 Å². The quantitative estimate of drug-likeness (QED) is 0.218. The Morgan fingerprint density at radius 2 is 1.88 bits per heavy atom. The lowest BCUT2D eigenvalue weighted by molar-refractivity contribution is -0.141. The van der Waals surface area contributed by atoms with Gasteiger partial charge in [-0.05, 0) is 30.6 Å². The van der Waals surface area contributed by atoms with Gasteiger partial charge in [-0.1, -0.05) is 46.6 Å². The van der Waals surface area contributed by atoms with Crippen LogP contribution in [-0.2, 0) is 18.8 Å². The van der Waals surface area contributed by atoms with Crippen molar-refractivity contribution in [3.63, 3.8) is 0 Å². The van der Waals surface area contributed by atoms with Crippen molar-refractivity contribution in [3.8, 4) is 0 Å². The molecule has 0 unspecified atom stereocenters. The zero-order chi connectivity index (χ0) is 19.2. The first-order chi connectivity index (χ1) is 12.5. The van der Waals surface area contributed by atoms with Crippen molar-refractivity contribution in [1.82, 2.24) is 0 Å². The topological polar surface area (TPSA) is 52.6 Å². The second-order valence-corrected chi connectivity index (χ2v) is 12.6. The van der Waals surface area contributed by atoms with E-state index in [0.29, 0.717) is 12.8 Å². The van der Waals surface area contributed by atoms with Gasteiger partial charge < -0.3 is 9.16 Å². The van der Waals surface area contributed by atoms with Gasteiger partial charge in [-0.25, -0.2) is 0 Å². The summed E-state index contributed by atoms with van der Waals surface area (Å²) in [5.41, 5.74) is 0. The Labute approximate surface area is 159 Å². The molecule has 0 N–H and O–H groups in total.